The van der Waals surface area contributed by atoms with Crippen LogP contribution in [0.25, 0.3) is 0 Å². The van der Waals surface area contributed by atoms with Crippen molar-refractivity contribution in [3.05, 3.63) is 143 Å². The minimum Gasteiger partial charge on any atom is -0.392 e. The summed E-state index contributed by atoms with van der Waals surface area (Å²) in [5.74, 6) is 0.686. The molecular weight excluding hydrogens is 436 g/mol. The highest BCUT2D eigenvalue weighted by Gasteiger charge is 2.13. The van der Waals surface area contributed by atoms with Gasteiger partial charge in [0.25, 0.3) is 0 Å². The van der Waals surface area contributed by atoms with E-state index in [1.165, 1.54) is 41.6 Å². The molecule has 1 heteroatoms. The second-order valence-corrected chi connectivity index (χ2v) is 9.46. The molecule has 192 valence electrons. The van der Waals surface area contributed by atoms with Crippen LogP contribution in [0.1, 0.15) is 60.8 Å². The van der Waals surface area contributed by atoms with Crippen LogP contribution in [-0.2, 0) is 0 Å². The molecule has 0 fully saturated rings. The van der Waals surface area contributed by atoms with Crippen molar-refractivity contribution in [1.29, 1.82) is 0 Å². The van der Waals surface area contributed by atoms with Crippen molar-refractivity contribution in [3.63, 3.8) is 0 Å². The Morgan fingerprint density at radius 1 is 0.694 bits per heavy atom. The third-order valence-corrected chi connectivity index (χ3v) is 5.93. The molecule has 0 radical (unpaired) electrons. The third-order valence-electron chi connectivity index (χ3n) is 5.93. The summed E-state index contributed by atoms with van der Waals surface area (Å²) in [5, 5.41) is 8.79. The van der Waals surface area contributed by atoms with Crippen molar-refractivity contribution in [2.45, 2.75) is 60.8 Å². The fourth-order valence-electron chi connectivity index (χ4n) is 3.77. The summed E-state index contributed by atoms with van der Waals surface area (Å²) < 4.78 is 0. The van der Waals surface area contributed by atoms with E-state index in [2.05, 4.69) is 120 Å². The molecule has 0 bridgehead atoms. The second kappa shape index (κ2) is 19.1. The summed E-state index contributed by atoms with van der Waals surface area (Å²) in [6.07, 6.45) is 41.1. The molecule has 0 aliphatic heterocycles. The summed E-state index contributed by atoms with van der Waals surface area (Å²) in [5.41, 5.74) is 7.75. The van der Waals surface area contributed by atoms with E-state index in [-0.39, 0.29) is 6.61 Å². The predicted molar refractivity (Wildman–Crippen MR) is 162 cm³/mol. The zero-order chi connectivity index (χ0) is 26.6. The van der Waals surface area contributed by atoms with E-state index in [0.717, 1.165) is 5.57 Å². The largest absolute Gasteiger partial charge is 0.392 e. The monoisotopic (exact) mass is 482 g/mol. The van der Waals surface area contributed by atoms with Crippen molar-refractivity contribution in [2.75, 3.05) is 6.61 Å². The van der Waals surface area contributed by atoms with Gasteiger partial charge in [-0.1, -0.05) is 144 Å². The van der Waals surface area contributed by atoms with E-state index in [0.29, 0.717) is 5.92 Å². The van der Waals surface area contributed by atoms with Crippen molar-refractivity contribution in [3.8, 4) is 0 Å². The Kier molecular flexibility index (Phi) is 16.4. The highest BCUT2D eigenvalue weighted by atomic mass is 16.2. The first-order valence-corrected chi connectivity index (χ1v) is 13.0. The SMILES string of the molecule is CC1=C(/C=C/C=C/C=C/C(C)=C/C=C/C=C(C)/C=C/C=C(C)/C=C/C=C(C)/C=C/CO)C(C)CCC1. The zero-order valence-corrected chi connectivity index (χ0v) is 23.2. The Morgan fingerprint density at radius 3 is 1.75 bits per heavy atom. The van der Waals surface area contributed by atoms with E-state index < -0.39 is 0 Å². The molecule has 0 saturated heterocycles. The first-order chi connectivity index (χ1) is 17.3. The van der Waals surface area contributed by atoms with Gasteiger partial charge in [0.05, 0.1) is 6.61 Å². The molecule has 0 saturated carbocycles. The fourth-order valence-corrected chi connectivity index (χ4v) is 3.77. The average Bonchev–Trinajstić information content (AvgIpc) is 2.84. The van der Waals surface area contributed by atoms with E-state index >= 15 is 0 Å². The molecule has 0 heterocycles. The Hall–Kier alpha value is -3.16. The first-order valence-electron chi connectivity index (χ1n) is 13.0. The molecule has 36 heavy (non-hydrogen) atoms. The molecule has 1 aliphatic carbocycles. The lowest BCUT2D eigenvalue weighted by Gasteiger charge is -2.21. The van der Waals surface area contributed by atoms with Crippen LogP contribution in [0.2, 0.25) is 0 Å². The van der Waals surface area contributed by atoms with Crippen LogP contribution in [0.4, 0.5) is 0 Å². The van der Waals surface area contributed by atoms with Gasteiger partial charge in [-0.25, -0.2) is 0 Å². The van der Waals surface area contributed by atoms with Gasteiger partial charge in [-0.2, -0.15) is 0 Å². The molecular formula is C35H46O. The van der Waals surface area contributed by atoms with Crippen molar-refractivity contribution in [1.82, 2.24) is 0 Å². The van der Waals surface area contributed by atoms with Gasteiger partial charge in [0.1, 0.15) is 0 Å². The van der Waals surface area contributed by atoms with Crippen LogP contribution in [-0.4, -0.2) is 11.7 Å². The van der Waals surface area contributed by atoms with Gasteiger partial charge in [0.15, 0.2) is 0 Å². The van der Waals surface area contributed by atoms with Crippen LogP contribution in [0.5, 0.6) is 0 Å². The van der Waals surface area contributed by atoms with Gasteiger partial charge in [-0.15, -0.1) is 0 Å². The van der Waals surface area contributed by atoms with Crippen molar-refractivity contribution in [2.24, 2.45) is 5.92 Å². The molecule has 0 aromatic heterocycles. The highest BCUT2D eigenvalue weighted by molar-refractivity contribution is 5.33. The lowest BCUT2D eigenvalue weighted by Crippen LogP contribution is -2.05. The van der Waals surface area contributed by atoms with E-state index in [1.807, 2.05) is 25.2 Å². The topological polar surface area (TPSA) is 20.2 Å². The molecule has 0 amide bonds. The van der Waals surface area contributed by atoms with E-state index in [1.54, 1.807) is 11.6 Å². The van der Waals surface area contributed by atoms with Crippen molar-refractivity contribution >= 4 is 0 Å². The van der Waals surface area contributed by atoms with Crippen molar-refractivity contribution < 1.29 is 5.11 Å². The fraction of sp³-hybridized carbons (Fsp3) is 0.314. The summed E-state index contributed by atoms with van der Waals surface area (Å²) in [6, 6.07) is 0. The Balaban J connectivity index is 2.50. The van der Waals surface area contributed by atoms with E-state index in [9.17, 15) is 0 Å². The minimum absolute atomic E-state index is 0.0709. The number of rotatable bonds is 12. The molecule has 1 nitrogen and oxygen atoms in total. The summed E-state index contributed by atoms with van der Waals surface area (Å²) in [7, 11) is 0. The molecule has 1 atom stereocenters. The van der Waals surface area contributed by atoms with Gasteiger partial charge < -0.3 is 5.11 Å². The van der Waals surface area contributed by atoms with Gasteiger partial charge >= 0.3 is 0 Å². The third kappa shape index (κ3) is 15.0. The van der Waals surface area contributed by atoms with Gasteiger partial charge in [-0.3, -0.25) is 0 Å². The molecule has 1 unspecified atom stereocenters. The van der Waals surface area contributed by atoms with Gasteiger partial charge in [0.2, 0.25) is 0 Å². The number of hydrogen-bond donors (Lipinski definition) is 1. The highest BCUT2D eigenvalue weighted by Crippen LogP contribution is 2.30. The smallest absolute Gasteiger partial charge is 0.0615 e. The number of hydrogen-bond acceptors (Lipinski definition) is 1. The van der Waals surface area contributed by atoms with E-state index in [4.69, 9.17) is 5.11 Å². The summed E-state index contributed by atoms with van der Waals surface area (Å²) in [6.45, 7) is 13.0. The van der Waals surface area contributed by atoms with Crippen LogP contribution in [0.15, 0.2) is 143 Å². The van der Waals surface area contributed by atoms with Crippen LogP contribution in [0, 0.1) is 5.92 Å². The number of allylic oxidation sites excluding steroid dienone is 23. The van der Waals surface area contributed by atoms with Gasteiger partial charge in [-0.05, 0) is 65.4 Å². The quantitative estimate of drug-likeness (QED) is 0.274. The zero-order valence-electron chi connectivity index (χ0n) is 23.2. The first kappa shape index (κ1) is 30.9. The number of aliphatic hydroxyl groups is 1. The molecule has 1 rings (SSSR count). The van der Waals surface area contributed by atoms with Crippen LogP contribution >= 0.6 is 0 Å². The predicted octanol–water partition coefficient (Wildman–Crippen LogP) is 9.79. The maximum absolute atomic E-state index is 8.79. The van der Waals surface area contributed by atoms with Gasteiger partial charge in [0, 0.05) is 0 Å². The average molecular weight is 483 g/mol. The summed E-state index contributed by atoms with van der Waals surface area (Å²) in [4.78, 5) is 0. The molecule has 0 spiro atoms. The molecule has 1 N–H and O–H groups in total. The Morgan fingerprint density at radius 2 is 1.19 bits per heavy atom. The van der Waals surface area contributed by atoms with Crippen LogP contribution in [0.3, 0.4) is 0 Å². The lowest BCUT2D eigenvalue weighted by molar-refractivity contribution is 0.342. The molecule has 0 aromatic carbocycles. The lowest BCUT2D eigenvalue weighted by atomic mass is 9.84. The minimum atomic E-state index is 0.0709. The summed E-state index contributed by atoms with van der Waals surface area (Å²) >= 11 is 0. The Labute approximate surface area is 221 Å². The van der Waals surface area contributed by atoms with Crippen LogP contribution < -0.4 is 0 Å². The second-order valence-electron chi connectivity index (χ2n) is 9.46. The standard InChI is InChI=1S/C35H46O/c1-29(17-9-7-8-10-27-35-33(5)25-15-26-34(35)6)18-11-12-19-30(2)20-13-21-31(3)22-14-23-32(4)24-16-28-36/h7-14,16-24,27,33,36H,15,25-26,28H2,1-6H3/b8-7+,12-11+,17-9+,20-13+,22-14+,24-16+,27-10+,29-18+,30-19+,31-21+,32-23+. The molecule has 0 aromatic rings. The Bertz CT molecular complexity index is 1040. The molecule has 1 aliphatic rings. The normalized spacial score (nSPS) is 19.9. The number of aliphatic hydroxyl groups excluding tert-OH is 1. The maximum Gasteiger partial charge on any atom is 0.0615 e. The maximum atomic E-state index is 8.79.